The van der Waals surface area contributed by atoms with Crippen molar-refractivity contribution in [1.82, 2.24) is 0 Å². The lowest BCUT2D eigenvalue weighted by Gasteiger charge is -2.13. The molecule has 0 spiro atoms. The number of hydrogen-bond acceptors (Lipinski definition) is 2. The molecule has 0 atom stereocenters. The highest BCUT2D eigenvalue weighted by Gasteiger charge is 2.11. The number of hydrogen-bond donors (Lipinski definition) is 0. The van der Waals surface area contributed by atoms with Crippen LogP contribution in [0.4, 0.5) is 0 Å². The number of halogens is 2. The molecule has 0 fully saturated rings. The van der Waals surface area contributed by atoms with E-state index in [-0.39, 0.29) is 0 Å². The van der Waals surface area contributed by atoms with Crippen molar-refractivity contribution in [2.24, 2.45) is 0 Å². The SMILES string of the molecule is CCCCOc1cc(Cl)cc(Cl)c1OCC. The van der Waals surface area contributed by atoms with E-state index in [9.17, 15) is 0 Å². The topological polar surface area (TPSA) is 18.5 Å². The minimum absolute atomic E-state index is 0.487. The molecule has 0 unspecified atom stereocenters. The van der Waals surface area contributed by atoms with Crippen LogP contribution in [0.2, 0.25) is 10.0 Å². The average molecular weight is 263 g/mol. The van der Waals surface area contributed by atoms with Gasteiger partial charge in [-0.1, -0.05) is 36.5 Å². The third kappa shape index (κ3) is 3.76. The standard InChI is InChI=1S/C12H16Cl2O2/c1-3-5-6-16-11-8-9(13)7-10(14)12(11)15-4-2/h7-8H,3-6H2,1-2H3. The molecule has 1 aromatic carbocycles. The Hall–Kier alpha value is -0.600. The van der Waals surface area contributed by atoms with Crippen LogP contribution >= 0.6 is 23.2 Å². The van der Waals surface area contributed by atoms with E-state index in [0.29, 0.717) is 34.8 Å². The van der Waals surface area contributed by atoms with E-state index in [1.54, 1.807) is 12.1 Å². The maximum atomic E-state index is 6.04. The van der Waals surface area contributed by atoms with E-state index in [1.165, 1.54) is 0 Å². The van der Waals surface area contributed by atoms with E-state index in [4.69, 9.17) is 32.7 Å². The molecule has 0 bridgehead atoms. The second kappa shape index (κ2) is 6.87. The first-order valence-corrected chi connectivity index (χ1v) is 6.19. The first-order chi connectivity index (χ1) is 7.69. The van der Waals surface area contributed by atoms with E-state index < -0.39 is 0 Å². The van der Waals surface area contributed by atoms with Crippen molar-refractivity contribution in [3.63, 3.8) is 0 Å². The summed E-state index contributed by atoms with van der Waals surface area (Å²) in [6.07, 6.45) is 2.08. The van der Waals surface area contributed by atoms with Crippen LogP contribution in [0.1, 0.15) is 26.7 Å². The monoisotopic (exact) mass is 262 g/mol. The molecule has 0 aliphatic rings. The number of rotatable bonds is 6. The van der Waals surface area contributed by atoms with Gasteiger partial charge in [-0.15, -0.1) is 0 Å². The zero-order chi connectivity index (χ0) is 12.0. The van der Waals surface area contributed by atoms with Gasteiger partial charge in [0, 0.05) is 11.1 Å². The van der Waals surface area contributed by atoms with Crippen molar-refractivity contribution in [2.45, 2.75) is 26.7 Å². The fourth-order valence-electron chi connectivity index (χ4n) is 1.25. The van der Waals surface area contributed by atoms with Crippen LogP contribution in [0.25, 0.3) is 0 Å². The van der Waals surface area contributed by atoms with Gasteiger partial charge in [0.2, 0.25) is 0 Å². The Morgan fingerprint density at radius 2 is 1.88 bits per heavy atom. The Bertz CT molecular complexity index is 340. The molecule has 0 aliphatic heterocycles. The van der Waals surface area contributed by atoms with Gasteiger partial charge in [-0.3, -0.25) is 0 Å². The minimum Gasteiger partial charge on any atom is -0.490 e. The van der Waals surface area contributed by atoms with Gasteiger partial charge in [0.25, 0.3) is 0 Å². The highest BCUT2D eigenvalue weighted by molar-refractivity contribution is 6.35. The highest BCUT2D eigenvalue weighted by atomic mass is 35.5. The van der Waals surface area contributed by atoms with Gasteiger partial charge in [-0.2, -0.15) is 0 Å². The summed E-state index contributed by atoms with van der Waals surface area (Å²) in [5.74, 6) is 1.19. The zero-order valence-corrected chi connectivity index (χ0v) is 11.1. The molecule has 4 heteroatoms. The molecular formula is C12H16Cl2O2. The lowest BCUT2D eigenvalue weighted by Crippen LogP contribution is -2.01. The third-order valence-electron chi connectivity index (χ3n) is 2.02. The summed E-state index contributed by atoms with van der Waals surface area (Å²) in [7, 11) is 0. The van der Waals surface area contributed by atoms with Crippen LogP contribution in [0.3, 0.4) is 0 Å². The summed E-state index contributed by atoms with van der Waals surface area (Å²) in [6, 6.07) is 3.38. The predicted molar refractivity (Wildman–Crippen MR) is 68.0 cm³/mol. The first kappa shape index (κ1) is 13.5. The van der Waals surface area contributed by atoms with Gasteiger partial charge in [0.1, 0.15) is 0 Å². The van der Waals surface area contributed by atoms with Crippen LogP contribution < -0.4 is 9.47 Å². The molecule has 0 saturated heterocycles. The Labute approximate surface area is 106 Å². The molecule has 1 aromatic rings. The summed E-state index contributed by atoms with van der Waals surface area (Å²) in [4.78, 5) is 0. The second-order valence-corrected chi connectivity index (χ2v) is 4.19. The van der Waals surface area contributed by atoms with Crippen LogP contribution in [0, 0.1) is 0 Å². The summed E-state index contributed by atoms with van der Waals surface area (Å²) >= 11 is 12.0. The molecule has 0 radical (unpaired) electrons. The number of benzene rings is 1. The van der Waals surface area contributed by atoms with Gasteiger partial charge in [-0.05, 0) is 19.4 Å². The lowest BCUT2D eigenvalue weighted by atomic mass is 10.3. The lowest BCUT2D eigenvalue weighted by molar-refractivity contribution is 0.273. The average Bonchev–Trinajstić information content (AvgIpc) is 2.23. The first-order valence-electron chi connectivity index (χ1n) is 5.43. The second-order valence-electron chi connectivity index (χ2n) is 3.35. The summed E-state index contributed by atoms with van der Waals surface area (Å²) < 4.78 is 11.0. The Balaban J connectivity index is 2.85. The molecule has 0 amide bonds. The van der Waals surface area contributed by atoms with Crippen LogP contribution in [-0.2, 0) is 0 Å². The molecule has 0 aromatic heterocycles. The quantitative estimate of drug-likeness (QED) is 0.700. The third-order valence-corrected chi connectivity index (χ3v) is 2.52. The molecule has 16 heavy (non-hydrogen) atoms. The Morgan fingerprint density at radius 1 is 1.12 bits per heavy atom. The largest absolute Gasteiger partial charge is 0.490 e. The highest BCUT2D eigenvalue weighted by Crippen LogP contribution is 2.38. The predicted octanol–water partition coefficient (Wildman–Crippen LogP) is 4.57. The fourth-order valence-corrected chi connectivity index (χ4v) is 1.78. The van der Waals surface area contributed by atoms with Crippen molar-refractivity contribution < 1.29 is 9.47 Å². The molecule has 2 nitrogen and oxygen atoms in total. The summed E-state index contributed by atoms with van der Waals surface area (Å²) in [5.41, 5.74) is 0. The maximum absolute atomic E-state index is 6.04. The normalized spacial score (nSPS) is 10.2. The fraction of sp³-hybridized carbons (Fsp3) is 0.500. The smallest absolute Gasteiger partial charge is 0.179 e. The molecule has 0 heterocycles. The van der Waals surface area contributed by atoms with Gasteiger partial charge in [0.15, 0.2) is 11.5 Å². The summed E-state index contributed by atoms with van der Waals surface area (Å²) in [5, 5.41) is 1.04. The van der Waals surface area contributed by atoms with Crippen molar-refractivity contribution in [2.75, 3.05) is 13.2 Å². The van der Waals surface area contributed by atoms with Gasteiger partial charge in [-0.25, -0.2) is 0 Å². The molecule has 1 rings (SSSR count). The van der Waals surface area contributed by atoms with E-state index >= 15 is 0 Å². The van der Waals surface area contributed by atoms with E-state index in [2.05, 4.69) is 6.92 Å². The zero-order valence-electron chi connectivity index (χ0n) is 9.56. The van der Waals surface area contributed by atoms with E-state index in [0.717, 1.165) is 12.8 Å². The van der Waals surface area contributed by atoms with Crippen LogP contribution in [0.15, 0.2) is 12.1 Å². The van der Waals surface area contributed by atoms with Gasteiger partial charge in [0.05, 0.1) is 18.2 Å². The van der Waals surface area contributed by atoms with Crippen molar-refractivity contribution in [1.29, 1.82) is 0 Å². The van der Waals surface area contributed by atoms with Crippen molar-refractivity contribution >= 4 is 23.2 Å². The molecular weight excluding hydrogens is 247 g/mol. The molecule has 90 valence electrons. The van der Waals surface area contributed by atoms with Crippen molar-refractivity contribution in [3.05, 3.63) is 22.2 Å². The Morgan fingerprint density at radius 3 is 2.50 bits per heavy atom. The molecule has 0 N–H and O–H groups in total. The molecule has 0 saturated carbocycles. The van der Waals surface area contributed by atoms with Crippen molar-refractivity contribution in [3.8, 4) is 11.5 Å². The number of unbranched alkanes of at least 4 members (excludes halogenated alkanes) is 1. The van der Waals surface area contributed by atoms with Gasteiger partial charge >= 0.3 is 0 Å². The summed E-state index contributed by atoms with van der Waals surface area (Å²) in [6.45, 7) is 5.21. The molecule has 0 aliphatic carbocycles. The van der Waals surface area contributed by atoms with E-state index in [1.807, 2.05) is 6.92 Å². The Kier molecular flexibility index (Phi) is 5.78. The van der Waals surface area contributed by atoms with Crippen LogP contribution in [-0.4, -0.2) is 13.2 Å². The maximum Gasteiger partial charge on any atom is 0.179 e. The van der Waals surface area contributed by atoms with Crippen LogP contribution in [0.5, 0.6) is 11.5 Å². The number of ether oxygens (including phenoxy) is 2. The van der Waals surface area contributed by atoms with Gasteiger partial charge < -0.3 is 9.47 Å². The minimum atomic E-state index is 0.487.